The molecule has 7 nitrogen and oxygen atoms in total. The van der Waals surface area contributed by atoms with Crippen molar-refractivity contribution < 1.29 is 4.79 Å². The summed E-state index contributed by atoms with van der Waals surface area (Å²) in [7, 11) is 0. The maximum Gasteiger partial charge on any atom is 0.320 e. The van der Waals surface area contributed by atoms with E-state index in [4.69, 9.17) is 11.6 Å². The first-order chi connectivity index (χ1) is 16.5. The Kier molecular flexibility index (Phi) is 7.37. The molecule has 1 N–H and O–H groups in total. The van der Waals surface area contributed by atoms with E-state index < -0.39 is 0 Å². The molecule has 3 heterocycles. The number of rotatable bonds is 8. The van der Waals surface area contributed by atoms with Crippen LogP contribution in [0.25, 0.3) is 0 Å². The summed E-state index contributed by atoms with van der Waals surface area (Å²) >= 11 is 7.60. The van der Waals surface area contributed by atoms with E-state index in [1.54, 1.807) is 11.9 Å². The van der Waals surface area contributed by atoms with Gasteiger partial charge < -0.3 is 9.80 Å². The van der Waals surface area contributed by atoms with Gasteiger partial charge in [-0.25, -0.2) is 14.5 Å². The van der Waals surface area contributed by atoms with E-state index in [-0.39, 0.29) is 6.03 Å². The van der Waals surface area contributed by atoms with Crippen molar-refractivity contribution in [1.82, 2.24) is 29.3 Å². The topological polar surface area (TPSA) is 66.3 Å². The number of amides is 2. The molecule has 0 unspecified atom stereocenters. The summed E-state index contributed by atoms with van der Waals surface area (Å²) in [6.45, 7) is 6.69. The number of urea groups is 1. The smallest absolute Gasteiger partial charge is 0.320 e. The zero-order valence-corrected chi connectivity index (χ0v) is 21.5. The molecule has 9 heteroatoms. The minimum atomic E-state index is 0.235. The first kappa shape index (κ1) is 23.9. The number of nitrogens with zero attached hydrogens (tertiary/aromatic N) is 5. The third kappa shape index (κ3) is 5.39. The third-order valence-electron chi connectivity index (χ3n) is 7.61. The molecule has 2 saturated heterocycles. The molecule has 3 aliphatic rings. The minimum absolute atomic E-state index is 0.235. The van der Waals surface area contributed by atoms with E-state index in [9.17, 15) is 4.79 Å². The average Bonchev–Trinajstić information content (AvgIpc) is 3.26. The highest BCUT2D eigenvalue weighted by molar-refractivity contribution is 7.97. The van der Waals surface area contributed by atoms with Crippen LogP contribution in [0.4, 0.5) is 4.79 Å². The van der Waals surface area contributed by atoms with Crippen molar-refractivity contribution in [1.29, 1.82) is 0 Å². The van der Waals surface area contributed by atoms with E-state index in [0.29, 0.717) is 17.4 Å². The van der Waals surface area contributed by atoms with Gasteiger partial charge in [-0.1, -0.05) is 24.9 Å². The molecular weight excluding hydrogens is 468 g/mol. The summed E-state index contributed by atoms with van der Waals surface area (Å²) in [4.78, 5) is 22.7. The summed E-state index contributed by atoms with van der Waals surface area (Å²) in [5.41, 5.74) is 0.316. The Balaban J connectivity index is 0.988. The minimum Gasteiger partial charge on any atom is -0.325 e. The number of aryl methyl sites for hydroxylation is 1. The van der Waals surface area contributed by atoms with Crippen molar-refractivity contribution in [3.63, 3.8) is 0 Å². The fourth-order valence-electron chi connectivity index (χ4n) is 5.49. The Labute approximate surface area is 211 Å². The van der Waals surface area contributed by atoms with Crippen LogP contribution in [-0.2, 0) is 6.42 Å². The van der Waals surface area contributed by atoms with E-state index >= 15 is 0 Å². The summed E-state index contributed by atoms with van der Waals surface area (Å²) in [5.74, 6) is 1.58. The highest BCUT2D eigenvalue weighted by Gasteiger charge is 2.55. The summed E-state index contributed by atoms with van der Waals surface area (Å²) < 4.78 is 5.54. The molecule has 3 fully saturated rings. The van der Waals surface area contributed by atoms with Gasteiger partial charge in [0.05, 0.1) is 6.04 Å². The predicted molar refractivity (Wildman–Crippen MR) is 136 cm³/mol. The number of nitrogens with one attached hydrogen (secondary N) is 1. The number of halogens is 1. The normalized spacial score (nSPS) is 20.4. The van der Waals surface area contributed by atoms with Gasteiger partial charge in [0.1, 0.15) is 6.33 Å². The molecule has 0 radical (unpaired) electrons. The number of benzene rings is 1. The van der Waals surface area contributed by atoms with Crippen molar-refractivity contribution in [2.45, 2.75) is 62.8 Å². The van der Waals surface area contributed by atoms with Gasteiger partial charge in [-0.05, 0) is 74.2 Å². The summed E-state index contributed by atoms with van der Waals surface area (Å²) in [6, 6.07) is 8.58. The molecule has 0 atom stereocenters. The molecule has 1 saturated carbocycles. The van der Waals surface area contributed by atoms with Gasteiger partial charge in [-0.15, -0.1) is 0 Å². The van der Waals surface area contributed by atoms with Crippen LogP contribution in [0.2, 0.25) is 5.02 Å². The number of aromatic nitrogens is 3. The lowest BCUT2D eigenvalue weighted by atomic mass is 9.61. The molecule has 1 spiro atoms. The standard InChI is InChI=1S/C25H35ClN6OS/c1-2-3-4-23-27-18-32(29-23)21-13-25(14-21)16-31(17-25)24(33)30-11-9-19(10-12-30)15-28-34-22-7-5-20(26)6-8-22/h5-8,18-19,21,28H,2-4,9-17H2,1H3. The molecule has 1 aromatic heterocycles. The lowest BCUT2D eigenvalue weighted by molar-refractivity contribution is -0.0750. The maximum absolute atomic E-state index is 13.0. The van der Waals surface area contributed by atoms with E-state index in [0.717, 1.165) is 82.1 Å². The third-order valence-corrected chi connectivity index (χ3v) is 8.68. The number of hydrogen-bond donors (Lipinski definition) is 1. The largest absolute Gasteiger partial charge is 0.325 e. The number of carbonyl (C=O) groups is 1. The van der Waals surface area contributed by atoms with Crippen LogP contribution in [0, 0.1) is 11.3 Å². The van der Waals surface area contributed by atoms with Crippen LogP contribution in [0.15, 0.2) is 35.5 Å². The van der Waals surface area contributed by atoms with Crippen molar-refractivity contribution in [3.05, 3.63) is 41.4 Å². The predicted octanol–water partition coefficient (Wildman–Crippen LogP) is 5.04. The number of hydrogen-bond acceptors (Lipinski definition) is 5. The van der Waals surface area contributed by atoms with Gasteiger partial charge in [0.2, 0.25) is 0 Å². The van der Waals surface area contributed by atoms with Crippen LogP contribution in [0.5, 0.6) is 0 Å². The van der Waals surface area contributed by atoms with E-state index in [2.05, 4.69) is 36.2 Å². The van der Waals surface area contributed by atoms with Crippen molar-refractivity contribution in [2.24, 2.45) is 11.3 Å². The van der Waals surface area contributed by atoms with Gasteiger partial charge in [0.15, 0.2) is 5.82 Å². The van der Waals surface area contributed by atoms with Gasteiger partial charge in [-0.2, -0.15) is 5.10 Å². The fourth-order valence-corrected chi connectivity index (χ4v) is 6.38. The second-order valence-corrected chi connectivity index (χ2v) is 11.7. The zero-order chi connectivity index (χ0) is 23.5. The number of carbonyl (C=O) groups excluding carboxylic acids is 1. The molecule has 2 aromatic rings. The van der Waals surface area contributed by atoms with Crippen molar-refractivity contribution >= 4 is 29.6 Å². The van der Waals surface area contributed by atoms with Gasteiger partial charge in [0, 0.05) is 54.5 Å². The fraction of sp³-hybridized carbons (Fsp3) is 0.640. The quantitative estimate of drug-likeness (QED) is 0.512. The van der Waals surface area contributed by atoms with Crippen LogP contribution in [-0.4, -0.2) is 63.3 Å². The first-order valence-corrected chi connectivity index (χ1v) is 13.8. The van der Waals surface area contributed by atoms with Gasteiger partial charge in [-0.3, -0.25) is 4.72 Å². The maximum atomic E-state index is 13.0. The Morgan fingerprint density at radius 3 is 2.62 bits per heavy atom. The van der Waals surface area contributed by atoms with Crippen molar-refractivity contribution in [3.8, 4) is 0 Å². The number of unbranched alkanes of at least 4 members (excludes halogenated alkanes) is 1. The first-order valence-electron chi connectivity index (χ1n) is 12.6. The molecule has 1 aliphatic carbocycles. The number of piperidine rings is 1. The summed E-state index contributed by atoms with van der Waals surface area (Å²) in [6.07, 6.45) is 9.55. The van der Waals surface area contributed by atoms with Crippen LogP contribution in [0.3, 0.4) is 0 Å². The molecule has 5 rings (SSSR count). The molecule has 1 aromatic carbocycles. The zero-order valence-electron chi connectivity index (χ0n) is 20.0. The second kappa shape index (κ2) is 10.5. The lowest BCUT2D eigenvalue weighted by Gasteiger charge is -2.59. The Bertz CT molecular complexity index is 960. The molecular formula is C25H35ClN6OS. The highest BCUT2D eigenvalue weighted by Crippen LogP contribution is 2.54. The molecule has 0 bridgehead atoms. The molecule has 34 heavy (non-hydrogen) atoms. The average molecular weight is 503 g/mol. The van der Waals surface area contributed by atoms with Gasteiger partial charge >= 0.3 is 6.03 Å². The molecule has 2 amide bonds. The number of likely N-dealkylation sites (tertiary alicyclic amines) is 2. The van der Waals surface area contributed by atoms with Crippen LogP contribution < -0.4 is 4.72 Å². The Morgan fingerprint density at radius 1 is 1.18 bits per heavy atom. The molecule has 2 aliphatic heterocycles. The summed E-state index contributed by atoms with van der Waals surface area (Å²) in [5, 5.41) is 5.44. The Hall–Kier alpha value is -1.77. The lowest BCUT2D eigenvalue weighted by Crippen LogP contribution is -2.66. The second-order valence-electron chi connectivity index (χ2n) is 10.3. The van der Waals surface area contributed by atoms with E-state index in [1.165, 1.54) is 11.3 Å². The van der Waals surface area contributed by atoms with E-state index in [1.807, 2.05) is 30.6 Å². The van der Waals surface area contributed by atoms with Crippen molar-refractivity contribution in [2.75, 3.05) is 32.7 Å². The SMILES string of the molecule is CCCCc1ncn(C2CC3(C2)CN(C(=O)N2CCC(CNSc4ccc(Cl)cc4)CC2)C3)n1. The van der Waals surface area contributed by atoms with Crippen LogP contribution >= 0.6 is 23.5 Å². The molecule has 184 valence electrons. The Morgan fingerprint density at radius 2 is 1.91 bits per heavy atom. The van der Waals surface area contributed by atoms with Gasteiger partial charge in [0.25, 0.3) is 0 Å². The van der Waals surface area contributed by atoms with Crippen LogP contribution in [0.1, 0.15) is 57.3 Å². The monoisotopic (exact) mass is 502 g/mol. The highest BCUT2D eigenvalue weighted by atomic mass is 35.5.